The van der Waals surface area contributed by atoms with Crippen molar-refractivity contribution in [3.05, 3.63) is 12.2 Å². The van der Waals surface area contributed by atoms with Gasteiger partial charge in [-0.2, -0.15) is 12.6 Å². The fraction of sp³-hybridized carbons (Fsp3) is 0.786. The number of rotatable bonds is 4. The first kappa shape index (κ1) is 15.8. The van der Waals surface area contributed by atoms with Gasteiger partial charge in [0, 0.05) is 0 Å². The van der Waals surface area contributed by atoms with Crippen LogP contribution in [0, 0.1) is 5.41 Å². The fourth-order valence-electron chi connectivity index (χ4n) is 1.72. The zero-order chi connectivity index (χ0) is 12.7. The largest absolute Gasteiger partial charge is 0.302 e. The second-order valence-corrected chi connectivity index (χ2v) is 6.59. The monoisotopic (exact) mass is 242 g/mol. The summed E-state index contributed by atoms with van der Waals surface area (Å²) in [5.41, 5.74) is 0.220. The molecule has 0 N–H and O–H groups in total. The Morgan fingerprint density at radius 2 is 1.75 bits per heavy atom. The molecule has 1 rings (SSSR count). The molecule has 94 valence electrons. The Morgan fingerprint density at radius 1 is 1.25 bits per heavy atom. The van der Waals surface area contributed by atoms with Crippen LogP contribution < -0.4 is 0 Å². The van der Waals surface area contributed by atoms with E-state index in [2.05, 4.69) is 45.6 Å². The molecule has 2 heteroatoms. The summed E-state index contributed by atoms with van der Waals surface area (Å²) in [6, 6.07) is 0. The molecule has 0 fully saturated rings. The number of carbonyl (C=O) groups is 1. The SMILES string of the molecule is C1=CCCC1.CCC(C)(C)CC(C)(S)C=O. The lowest BCUT2D eigenvalue weighted by Crippen LogP contribution is -2.27. The van der Waals surface area contributed by atoms with Gasteiger partial charge in [-0.1, -0.05) is 39.3 Å². The van der Waals surface area contributed by atoms with Crippen LogP contribution in [0.3, 0.4) is 0 Å². The molecule has 1 atom stereocenters. The molecule has 0 aromatic carbocycles. The van der Waals surface area contributed by atoms with Crippen LogP contribution in [0.15, 0.2) is 12.2 Å². The van der Waals surface area contributed by atoms with Crippen molar-refractivity contribution in [3.63, 3.8) is 0 Å². The zero-order valence-corrected chi connectivity index (χ0v) is 12.0. The van der Waals surface area contributed by atoms with Gasteiger partial charge in [0.05, 0.1) is 4.75 Å². The molecule has 0 aromatic heterocycles. The molecule has 0 aliphatic heterocycles. The number of carbonyl (C=O) groups excluding carboxylic acids is 1. The third-order valence-electron chi connectivity index (χ3n) is 2.96. The van der Waals surface area contributed by atoms with E-state index in [9.17, 15) is 4.79 Å². The van der Waals surface area contributed by atoms with Gasteiger partial charge in [0.15, 0.2) is 0 Å². The minimum absolute atomic E-state index is 0.220. The summed E-state index contributed by atoms with van der Waals surface area (Å²) in [4.78, 5) is 10.5. The number of thiol groups is 1. The van der Waals surface area contributed by atoms with Crippen LogP contribution in [0.1, 0.15) is 59.8 Å². The summed E-state index contributed by atoms with van der Waals surface area (Å²) >= 11 is 4.27. The maximum atomic E-state index is 10.5. The van der Waals surface area contributed by atoms with Crippen molar-refractivity contribution in [1.82, 2.24) is 0 Å². The Kier molecular flexibility index (Phi) is 7.05. The standard InChI is InChI=1S/C9H18OS.C5H8/c1-5-8(2,3)6-9(4,11)7-10;1-2-4-5-3-1/h7,11H,5-6H2,1-4H3;1-2H,3-5H2. The van der Waals surface area contributed by atoms with Gasteiger partial charge < -0.3 is 4.79 Å². The maximum Gasteiger partial charge on any atom is 0.135 e. The minimum Gasteiger partial charge on any atom is -0.302 e. The van der Waals surface area contributed by atoms with E-state index in [-0.39, 0.29) is 5.41 Å². The zero-order valence-electron chi connectivity index (χ0n) is 11.1. The number of hydrogen-bond acceptors (Lipinski definition) is 2. The lowest BCUT2D eigenvalue weighted by Gasteiger charge is -2.29. The van der Waals surface area contributed by atoms with Gasteiger partial charge in [-0.15, -0.1) is 0 Å². The Bertz CT molecular complexity index is 223. The van der Waals surface area contributed by atoms with Crippen molar-refractivity contribution in [2.75, 3.05) is 0 Å². The molecular formula is C14H26OS. The number of allylic oxidation sites excluding steroid dienone is 2. The lowest BCUT2D eigenvalue weighted by molar-refractivity contribution is -0.110. The van der Waals surface area contributed by atoms with Gasteiger partial charge in [-0.25, -0.2) is 0 Å². The van der Waals surface area contributed by atoms with Gasteiger partial charge in [0.1, 0.15) is 6.29 Å². The smallest absolute Gasteiger partial charge is 0.135 e. The summed E-state index contributed by atoms with van der Waals surface area (Å²) in [6.07, 6.45) is 11.3. The topological polar surface area (TPSA) is 17.1 Å². The first-order valence-electron chi connectivity index (χ1n) is 6.17. The third-order valence-corrected chi connectivity index (χ3v) is 3.22. The summed E-state index contributed by atoms with van der Waals surface area (Å²) in [5, 5.41) is 0. The minimum atomic E-state index is -0.459. The van der Waals surface area contributed by atoms with Gasteiger partial charge >= 0.3 is 0 Å². The van der Waals surface area contributed by atoms with Gasteiger partial charge in [0.2, 0.25) is 0 Å². The molecular weight excluding hydrogens is 216 g/mol. The summed E-state index contributed by atoms with van der Waals surface area (Å²) in [5.74, 6) is 0. The molecule has 0 aromatic rings. The average molecular weight is 242 g/mol. The van der Waals surface area contributed by atoms with E-state index in [1.807, 2.05) is 6.92 Å². The van der Waals surface area contributed by atoms with Crippen molar-refractivity contribution >= 4 is 18.9 Å². The molecule has 0 bridgehead atoms. The summed E-state index contributed by atoms with van der Waals surface area (Å²) < 4.78 is -0.459. The van der Waals surface area contributed by atoms with E-state index in [0.29, 0.717) is 0 Å². The molecule has 0 saturated carbocycles. The number of aldehydes is 1. The molecule has 1 unspecified atom stereocenters. The predicted octanol–water partition coefficient (Wildman–Crippen LogP) is 4.43. The molecule has 0 spiro atoms. The van der Waals surface area contributed by atoms with Crippen LogP contribution in [-0.4, -0.2) is 11.0 Å². The second kappa shape index (κ2) is 7.16. The van der Waals surface area contributed by atoms with Crippen LogP contribution in [0.2, 0.25) is 0 Å². The first-order valence-corrected chi connectivity index (χ1v) is 6.61. The van der Waals surface area contributed by atoms with E-state index in [1.165, 1.54) is 19.3 Å². The third kappa shape index (κ3) is 7.98. The predicted molar refractivity (Wildman–Crippen MR) is 75.1 cm³/mol. The highest BCUT2D eigenvalue weighted by molar-refractivity contribution is 7.82. The molecule has 1 aliphatic rings. The first-order chi connectivity index (χ1) is 7.33. The van der Waals surface area contributed by atoms with E-state index in [0.717, 1.165) is 19.1 Å². The summed E-state index contributed by atoms with van der Waals surface area (Å²) in [7, 11) is 0. The Labute approximate surface area is 106 Å². The number of hydrogen-bond donors (Lipinski definition) is 1. The van der Waals surface area contributed by atoms with Crippen LogP contribution in [0.5, 0.6) is 0 Å². The van der Waals surface area contributed by atoms with Gasteiger partial charge in [-0.05, 0) is 38.0 Å². The molecule has 16 heavy (non-hydrogen) atoms. The van der Waals surface area contributed by atoms with E-state index in [4.69, 9.17) is 0 Å². The molecule has 0 radical (unpaired) electrons. The molecule has 1 aliphatic carbocycles. The average Bonchev–Trinajstić information content (AvgIpc) is 2.74. The van der Waals surface area contributed by atoms with E-state index >= 15 is 0 Å². The molecule has 0 heterocycles. The normalized spacial score (nSPS) is 18.6. The molecule has 1 nitrogen and oxygen atoms in total. The van der Waals surface area contributed by atoms with E-state index < -0.39 is 4.75 Å². The van der Waals surface area contributed by atoms with E-state index in [1.54, 1.807) is 0 Å². The van der Waals surface area contributed by atoms with Gasteiger partial charge in [0.25, 0.3) is 0 Å². The Balaban J connectivity index is 0.000000368. The molecule has 0 amide bonds. The Morgan fingerprint density at radius 3 is 2.00 bits per heavy atom. The van der Waals surface area contributed by atoms with Crippen LogP contribution in [-0.2, 0) is 4.79 Å². The maximum absolute atomic E-state index is 10.5. The second-order valence-electron chi connectivity index (χ2n) is 5.57. The fourth-order valence-corrected chi connectivity index (χ4v) is 2.15. The quantitative estimate of drug-likeness (QED) is 0.438. The molecule has 0 saturated heterocycles. The van der Waals surface area contributed by atoms with Crippen molar-refractivity contribution in [3.8, 4) is 0 Å². The lowest BCUT2D eigenvalue weighted by atomic mass is 9.81. The van der Waals surface area contributed by atoms with Crippen LogP contribution in [0.25, 0.3) is 0 Å². The highest BCUT2D eigenvalue weighted by atomic mass is 32.1. The van der Waals surface area contributed by atoms with Crippen LogP contribution >= 0.6 is 12.6 Å². The summed E-state index contributed by atoms with van der Waals surface area (Å²) in [6.45, 7) is 8.31. The van der Waals surface area contributed by atoms with Crippen molar-refractivity contribution in [2.24, 2.45) is 5.41 Å². The van der Waals surface area contributed by atoms with Crippen LogP contribution in [0.4, 0.5) is 0 Å². The van der Waals surface area contributed by atoms with Crippen molar-refractivity contribution in [1.29, 1.82) is 0 Å². The van der Waals surface area contributed by atoms with Gasteiger partial charge in [-0.3, -0.25) is 0 Å². The van der Waals surface area contributed by atoms with Crippen molar-refractivity contribution < 1.29 is 4.79 Å². The highest BCUT2D eigenvalue weighted by Crippen LogP contribution is 2.33. The van der Waals surface area contributed by atoms with Crippen molar-refractivity contribution in [2.45, 2.75) is 64.5 Å². The highest BCUT2D eigenvalue weighted by Gasteiger charge is 2.27. The Hall–Kier alpha value is -0.240.